The van der Waals surface area contributed by atoms with Gasteiger partial charge in [0.2, 0.25) is 5.91 Å². The number of amides is 2. The lowest BCUT2D eigenvalue weighted by atomic mass is 9.96. The number of nitrogens with one attached hydrogen (secondary N) is 2. The molecule has 0 aliphatic rings. The van der Waals surface area contributed by atoms with Crippen LogP contribution in [0.3, 0.4) is 0 Å². The van der Waals surface area contributed by atoms with Crippen molar-refractivity contribution < 1.29 is 19.1 Å². The number of ether oxygens (including phenoxy) is 1. The van der Waals surface area contributed by atoms with E-state index >= 15 is 0 Å². The van der Waals surface area contributed by atoms with Crippen LogP contribution in [0.25, 0.3) is 0 Å². The molecule has 21 heavy (non-hydrogen) atoms. The Hall–Kier alpha value is -1.89. The highest BCUT2D eigenvalue weighted by Crippen LogP contribution is 2.23. The number of esters is 1. The maximum Gasteiger partial charge on any atom is 0.331 e. The first-order chi connectivity index (χ1) is 9.82. The third-order valence-corrected chi connectivity index (χ3v) is 3.90. The van der Waals surface area contributed by atoms with Crippen LogP contribution in [0, 0.1) is 0 Å². The molecule has 2 N–H and O–H groups in total. The third kappa shape index (κ3) is 4.56. The van der Waals surface area contributed by atoms with Gasteiger partial charge in [0.1, 0.15) is 5.54 Å². The number of anilines is 1. The molecular formula is C14H20N2O4S. The van der Waals surface area contributed by atoms with Gasteiger partial charge in [0, 0.05) is 6.92 Å². The standard InChI is InChI=1S/C14H20N2O4S/c1-5-8-14(3,13(19)20-4)16-12(18)10-6-7-11(21-10)15-9(2)17/h6-7H,5,8H2,1-4H3,(H,15,17)(H,16,18). The predicted octanol–water partition coefficient (Wildman–Crippen LogP) is 2.17. The Labute approximate surface area is 127 Å². The van der Waals surface area contributed by atoms with E-state index in [0.717, 1.165) is 17.8 Å². The second-order valence-corrected chi connectivity index (χ2v) is 5.96. The summed E-state index contributed by atoms with van der Waals surface area (Å²) in [6.07, 6.45) is 1.21. The number of rotatable bonds is 6. The van der Waals surface area contributed by atoms with Crippen LogP contribution in [0.5, 0.6) is 0 Å². The highest BCUT2D eigenvalue weighted by atomic mass is 32.1. The number of thiophene rings is 1. The molecule has 116 valence electrons. The van der Waals surface area contributed by atoms with E-state index in [-0.39, 0.29) is 11.8 Å². The van der Waals surface area contributed by atoms with E-state index in [1.807, 2.05) is 6.92 Å². The summed E-state index contributed by atoms with van der Waals surface area (Å²) in [5, 5.41) is 5.91. The van der Waals surface area contributed by atoms with Gasteiger partial charge in [-0.2, -0.15) is 0 Å². The van der Waals surface area contributed by atoms with Gasteiger partial charge in [0.25, 0.3) is 5.91 Å². The van der Waals surface area contributed by atoms with Crippen LogP contribution in [0.1, 0.15) is 43.3 Å². The van der Waals surface area contributed by atoms with Crippen molar-refractivity contribution in [3.63, 3.8) is 0 Å². The van der Waals surface area contributed by atoms with Gasteiger partial charge in [-0.25, -0.2) is 4.79 Å². The molecule has 1 aromatic rings. The fraction of sp³-hybridized carbons (Fsp3) is 0.500. The molecule has 1 rings (SSSR count). The Morgan fingerprint density at radius 2 is 2.00 bits per heavy atom. The Bertz CT molecular complexity index is 541. The van der Waals surface area contributed by atoms with Crippen LogP contribution in [-0.2, 0) is 14.3 Å². The second kappa shape index (κ2) is 7.21. The van der Waals surface area contributed by atoms with Gasteiger partial charge in [0.15, 0.2) is 0 Å². The largest absolute Gasteiger partial charge is 0.467 e. The smallest absolute Gasteiger partial charge is 0.331 e. The van der Waals surface area contributed by atoms with Crippen molar-refractivity contribution in [2.24, 2.45) is 0 Å². The summed E-state index contributed by atoms with van der Waals surface area (Å²) in [4.78, 5) is 35.5. The SMILES string of the molecule is CCCC(C)(NC(=O)c1ccc(NC(C)=O)s1)C(=O)OC. The molecule has 1 atom stereocenters. The number of methoxy groups -OCH3 is 1. The highest BCUT2D eigenvalue weighted by molar-refractivity contribution is 7.18. The van der Waals surface area contributed by atoms with Crippen molar-refractivity contribution in [1.82, 2.24) is 5.32 Å². The van der Waals surface area contributed by atoms with Crippen molar-refractivity contribution in [3.8, 4) is 0 Å². The molecule has 0 aliphatic heterocycles. The van der Waals surface area contributed by atoms with E-state index in [9.17, 15) is 14.4 Å². The van der Waals surface area contributed by atoms with Gasteiger partial charge >= 0.3 is 5.97 Å². The molecule has 1 heterocycles. The zero-order valence-electron chi connectivity index (χ0n) is 12.6. The quantitative estimate of drug-likeness (QED) is 0.788. The molecule has 6 nitrogen and oxygen atoms in total. The number of hydrogen-bond acceptors (Lipinski definition) is 5. The Morgan fingerprint density at radius 3 is 2.52 bits per heavy atom. The maximum absolute atomic E-state index is 12.2. The molecular weight excluding hydrogens is 292 g/mol. The van der Waals surface area contributed by atoms with E-state index in [0.29, 0.717) is 16.3 Å². The molecule has 0 saturated heterocycles. The summed E-state index contributed by atoms with van der Waals surface area (Å²) in [5.41, 5.74) is -1.06. The Kier molecular flexibility index (Phi) is 5.90. The van der Waals surface area contributed by atoms with Crippen molar-refractivity contribution in [1.29, 1.82) is 0 Å². The van der Waals surface area contributed by atoms with E-state index in [2.05, 4.69) is 10.6 Å². The zero-order valence-corrected chi connectivity index (χ0v) is 13.4. The minimum absolute atomic E-state index is 0.200. The van der Waals surface area contributed by atoms with Crippen molar-refractivity contribution >= 4 is 34.1 Å². The summed E-state index contributed by atoms with van der Waals surface area (Å²) < 4.78 is 4.76. The molecule has 0 aromatic carbocycles. The molecule has 0 bridgehead atoms. The van der Waals surface area contributed by atoms with Gasteiger partial charge in [-0.15, -0.1) is 11.3 Å². The van der Waals surface area contributed by atoms with Gasteiger partial charge < -0.3 is 15.4 Å². The van der Waals surface area contributed by atoms with Gasteiger partial charge in [0.05, 0.1) is 17.0 Å². The third-order valence-electron chi connectivity index (χ3n) is 2.90. The van der Waals surface area contributed by atoms with Crippen LogP contribution in [0.4, 0.5) is 5.00 Å². The van der Waals surface area contributed by atoms with Crippen molar-refractivity contribution in [2.45, 2.75) is 39.2 Å². The zero-order chi connectivity index (χ0) is 16.0. The highest BCUT2D eigenvalue weighted by Gasteiger charge is 2.35. The van der Waals surface area contributed by atoms with Crippen LogP contribution in [0.15, 0.2) is 12.1 Å². The fourth-order valence-electron chi connectivity index (χ4n) is 1.95. The first-order valence-electron chi connectivity index (χ1n) is 6.60. The molecule has 0 saturated carbocycles. The summed E-state index contributed by atoms with van der Waals surface area (Å²) in [6, 6.07) is 3.26. The van der Waals surface area contributed by atoms with E-state index in [1.165, 1.54) is 14.0 Å². The molecule has 2 amide bonds. The molecule has 1 aromatic heterocycles. The maximum atomic E-state index is 12.2. The van der Waals surface area contributed by atoms with Gasteiger partial charge in [-0.05, 0) is 25.5 Å². The predicted molar refractivity (Wildman–Crippen MR) is 81.4 cm³/mol. The number of carbonyl (C=O) groups excluding carboxylic acids is 3. The number of hydrogen-bond donors (Lipinski definition) is 2. The first-order valence-corrected chi connectivity index (χ1v) is 7.42. The van der Waals surface area contributed by atoms with Crippen LogP contribution < -0.4 is 10.6 Å². The van der Waals surface area contributed by atoms with Gasteiger partial charge in [-0.1, -0.05) is 13.3 Å². The molecule has 0 radical (unpaired) electrons. The second-order valence-electron chi connectivity index (χ2n) is 4.87. The van der Waals surface area contributed by atoms with E-state index in [4.69, 9.17) is 4.74 Å². The fourth-order valence-corrected chi connectivity index (χ4v) is 2.80. The molecule has 0 aliphatic carbocycles. The van der Waals surface area contributed by atoms with Crippen LogP contribution in [0.2, 0.25) is 0 Å². The topological polar surface area (TPSA) is 84.5 Å². The summed E-state index contributed by atoms with van der Waals surface area (Å²) in [5.74, 6) is -1.04. The monoisotopic (exact) mass is 312 g/mol. The van der Waals surface area contributed by atoms with E-state index < -0.39 is 11.5 Å². The average molecular weight is 312 g/mol. The molecule has 1 unspecified atom stereocenters. The van der Waals surface area contributed by atoms with Crippen LogP contribution in [-0.4, -0.2) is 30.4 Å². The lowest BCUT2D eigenvalue weighted by Crippen LogP contribution is -2.52. The summed E-state index contributed by atoms with van der Waals surface area (Å²) in [7, 11) is 1.29. The summed E-state index contributed by atoms with van der Waals surface area (Å²) in [6.45, 7) is 4.96. The molecule has 0 spiro atoms. The van der Waals surface area contributed by atoms with Crippen molar-refractivity contribution in [3.05, 3.63) is 17.0 Å². The summed E-state index contributed by atoms with van der Waals surface area (Å²) >= 11 is 1.15. The molecule has 7 heteroatoms. The van der Waals surface area contributed by atoms with E-state index in [1.54, 1.807) is 19.1 Å². The Balaban J connectivity index is 2.84. The van der Waals surface area contributed by atoms with Crippen LogP contribution >= 0.6 is 11.3 Å². The lowest BCUT2D eigenvalue weighted by molar-refractivity contribution is -0.147. The lowest BCUT2D eigenvalue weighted by Gasteiger charge is -2.27. The number of carbonyl (C=O) groups is 3. The minimum Gasteiger partial charge on any atom is -0.467 e. The first kappa shape index (κ1) is 17.2. The average Bonchev–Trinajstić information content (AvgIpc) is 2.85. The molecule has 0 fully saturated rings. The Morgan fingerprint density at radius 1 is 1.33 bits per heavy atom. The minimum atomic E-state index is -1.06. The van der Waals surface area contributed by atoms with Crippen molar-refractivity contribution in [2.75, 3.05) is 12.4 Å². The normalized spacial score (nSPS) is 13.1. The van der Waals surface area contributed by atoms with Gasteiger partial charge in [-0.3, -0.25) is 9.59 Å².